The molecule has 0 bridgehead atoms. The van der Waals surface area contributed by atoms with Crippen LogP contribution in [0.2, 0.25) is 0 Å². The summed E-state index contributed by atoms with van der Waals surface area (Å²) >= 11 is 2.14. The van der Waals surface area contributed by atoms with E-state index in [1.54, 1.807) is 48.5 Å². The molecule has 34 heavy (non-hydrogen) atoms. The summed E-state index contributed by atoms with van der Waals surface area (Å²) in [6.45, 7) is 1.94. The molecule has 0 radical (unpaired) electrons. The van der Waals surface area contributed by atoms with Crippen LogP contribution in [0.5, 0.6) is 0 Å². The fourth-order valence-corrected chi connectivity index (χ4v) is 5.78. The summed E-state index contributed by atoms with van der Waals surface area (Å²) in [5, 5.41) is 0. The first-order valence-electron chi connectivity index (χ1n) is 10.9. The van der Waals surface area contributed by atoms with Gasteiger partial charge in [0.05, 0.1) is 23.6 Å². The Bertz CT molecular complexity index is 1360. The number of carbonyl (C=O) groups is 4. The number of fused-ring (bicyclic) bond motifs is 3. The van der Waals surface area contributed by atoms with Gasteiger partial charge in [-0.15, -0.1) is 0 Å². The number of hydrogen-bond donors (Lipinski definition) is 0. The minimum absolute atomic E-state index is 0.226. The Morgan fingerprint density at radius 3 is 1.97 bits per heavy atom. The molecule has 2 heterocycles. The highest BCUT2D eigenvalue weighted by molar-refractivity contribution is 14.1. The highest BCUT2D eigenvalue weighted by Crippen LogP contribution is 2.57. The molecular weight excluding hydrogens is 545 g/mol. The van der Waals surface area contributed by atoms with Crippen LogP contribution < -0.4 is 4.90 Å². The van der Waals surface area contributed by atoms with E-state index in [-0.39, 0.29) is 11.1 Å². The summed E-state index contributed by atoms with van der Waals surface area (Å²) in [5.74, 6) is -4.38. The van der Waals surface area contributed by atoms with E-state index < -0.39 is 46.9 Å². The van der Waals surface area contributed by atoms with E-state index in [9.17, 15) is 19.2 Å². The average molecular weight is 563 g/mol. The van der Waals surface area contributed by atoms with Gasteiger partial charge in [-0.1, -0.05) is 54.1 Å². The van der Waals surface area contributed by atoms with Gasteiger partial charge in [0.2, 0.25) is 29.0 Å². The van der Waals surface area contributed by atoms with Crippen molar-refractivity contribution in [1.82, 2.24) is 0 Å². The molecule has 0 unspecified atom stereocenters. The predicted molar refractivity (Wildman–Crippen MR) is 131 cm³/mol. The first-order valence-corrected chi connectivity index (χ1v) is 12.0. The fourth-order valence-electron chi connectivity index (χ4n) is 5.42. The summed E-state index contributed by atoms with van der Waals surface area (Å²) in [7, 11) is 0. The van der Waals surface area contributed by atoms with E-state index in [2.05, 4.69) is 22.6 Å². The van der Waals surface area contributed by atoms with Crippen LogP contribution in [-0.2, 0) is 14.3 Å². The zero-order valence-electron chi connectivity index (χ0n) is 18.0. The molecule has 2 aliphatic heterocycles. The molecule has 0 aromatic heterocycles. The van der Waals surface area contributed by atoms with Gasteiger partial charge in [-0.3, -0.25) is 19.2 Å². The van der Waals surface area contributed by atoms with Crippen molar-refractivity contribution in [1.29, 1.82) is 0 Å². The second kappa shape index (κ2) is 7.41. The van der Waals surface area contributed by atoms with E-state index in [1.807, 2.05) is 31.2 Å². The van der Waals surface area contributed by atoms with Crippen LogP contribution >= 0.6 is 22.6 Å². The number of ether oxygens (including phenoxy) is 1. The first kappa shape index (κ1) is 21.4. The van der Waals surface area contributed by atoms with Crippen molar-refractivity contribution in [2.45, 2.75) is 18.6 Å². The van der Waals surface area contributed by atoms with Crippen molar-refractivity contribution in [3.8, 4) is 0 Å². The molecule has 7 heteroatoms. The molecule has 1 spiro atoms. The normalized spacial score (nSPS) is 24.8. The molecule has 3 aromatic carbocycles. The molecule has 3 atom stereocenters. The van der Waals surface area contributed by atoms with Crippen LogP contribution in [0.15, 0.2) is 72.8 Å². The second-order valence-electron chi connectivity index (χ2n) is 8.88. The van der Waals surface area contributed by atoms with Crippen molar-refractivity contribution in [3.05, 3.63) is 98.6 Å². The van der Waals surface area contributed by atoms with Crippen LogP contribution in [0.3, 0.4) is 0 Å². The lowest BCUT2D eigenvalue weighted by atomic mass is 9.77. The molecule has 2 saturated heterocycles. The predicted octanol–water partition coefficient (Wildman–Crippen LogP) is 4.29. The summed E-state index contributed by atoms with van der Waals surface area (Å²) in [5.41, 5.74) is 0.488. The van der Waals surface area contributed by atoms with Crippen LogP contribution in [0.4, 0.5) is 5.69 Å². The number of aryl methyl sites for hydroxylation is 1. The first-order chi connectivity index (χ1) is 16.3. The Kier molecular flexibility index (Phi) is 4.66. The number of imide groups is 1. The maximum atomic E-state index is 13.8. The summed E-state index contributed by atoms with van der Waals surface area (Å²) in [4.78, 5) is 56.1. The van der Waals surface area contributed by atoms with Gasteiger partial charge in [0.1, 0.15) is 0 Å². The van der Waals surface area contributed by atoms with Crippen LogP contribution in [0.25, 0.3) is 0 Å². The van der Waals surface area contributed by atoms with Crippen LogP contribution in [0.1, 0.15) is 37.9 Å². The number of hydrogen-bond acceptors (Lipinski definition) is 5. The molecule has 0 saturated carbocycles. The van der Waals surface area contributed by atoms with Gasteiger partial charge in [-0.25, -0.2) is 4.90 Å². The zero-order valence-corrected chi connectivity index (χ0v) is 20.2. The molecular formula is C27H18INO5. The van der Waals surface area contributed by atoms with Crippen molar-refractivity contribution in [2.24, 2.45) is 11.8 Å². The van der Waals surface area contributed by atoms with Crippen LogP contribution in [-0.4, -0.2) is 29.0 Å². The van der Waals surface area contributed by atoms with E-state index in [0.29, 0.717) is 11.3 Å². The highest BCUT2D eigenvalue weighted by atomic mass is 127. The molecule has 3 aliphatic rings. The van der Waals surface area contributed by atoms with Crippen molar-refractivity contribution in [3.63, 3.8) is 0 Å². The summed E-state index contributed by atoms with van der Waals surface area (Å²) < 4.78 is 7.24. The summed E-state index contributed by atoms with van der Waals surface area (Å²) in [6, 6.07) is 20.9. The van der Waals surface area contributed by atoms with Gasteiger partial charge in [0, 0.05) is 14.7 Å². The minimum atomic E-state index is -2.05. The van der Waals surface area contributed by atoms with Gasteiger partial charge < -0.3 is 4.74 Å². The van der Waals surface area contributed by atoms with E-state index >= 15 is 0 Å². The van der Waals surface area contributed by atoms with Crippen LogP contribution in [0, 0.1) is 22.3 Å². The number of ketones is 2. The smallest absolute Gasteiger partial charge is 0.241 e. The molecule has 6 nitrogen and oxygen atoms in total. The number of rotatable bonds is 2. The third-order valence-corrected chi connectivity index (χ3v) is 7.73. The second-order valence-corrected chi connectivity index (χ2v) is 10.1. The Morgan fingerprint density at radius 2 is 1.38 bits per heavy atom. The number of halogens is 1. The topological polar surface area (TPSA) is 80.8 Å². The van der Waals surface area contributed by atoms with Gasteiger partial charge in [0.25, 0.3) is 0 Å². The number of nitrogens with zero attached hydrogens (tertiary/aromatic N) is 1. The molecule has 168 valence electrons. The molecule has 2 fully saturated rings. The van der Waals surface area contributed by atoms with Gasteiger partial charge in [-0.05, 0) is 59.3 Å². The number of benzene rings is 3. The highest BCUT2D eigenvalue weighted by Gasteiger charge is 2.74. The number of carbonyl (C=O) groups excluding carboxylic acids is 4. The zero-order chi connectivity index (χ0) is 23.8. The lowest BCUT2D eigenvalue weighted by Gasteiger charge is -2.27. The minimum Gasteiger partial charge on any atom is -0.349 e. The third-order valence-electron chi connectivity index (χ3n) is 7.01. The van der Waals surface area contributed by atoms with Gasteiger partial charge in [-0.2, -0.15) is 0 Å². The van der Waals surface area contributed by atoms with E-state index in [0.717, 1.165) is 14.0 Å². The number of anilines is 1. The number of amides is 2. The van der Waals surface area contributed by atoms with Gasteiger partial charge in [0.15, 0.2) is 0 Å². The van der Waals surface area contributed by atoms with Crippen molar-refractivity contribution < 1.29 is 23.9 Å². The molecule has 2 amide bonds. The molecule has 0 N–H and O–H groups in total. The van der Waals surface area contributed by atoms with E-state index in [4.69, 9.17) is 4.74 Å². The van der Waals surface area contributed by atoms with Crippen molar-refractivity contribution >= 4 is 51.7 Å². The lowest BCUT2D eigenvalue weighted by molar-refractivity contribution is -0.127. The Balaban J connectivity index is 1.54. The largest absolute Gasteiger partial charge is 0.349 e. The monoisotopic (exact) mass is 563 g/mol. The maximum absolute atomic E-state index is 13.8. The molecule has 1 aliphatic carbocycles. The summed E-state index contributed by atoms with van der Waals surface area (Å²) in [6.07, 6.45) is -0.905. The SMILES string of the molecule is Cc1ccc([C@H]2OC3(C(=O)c4ccccc4C3=O)[C@@H]3C(=O)N(c4ccc(I)cc4)C(=O)[C@H]23)cc1. The maximum Gasteiger partial charge on any atom is 0.241 e. The Hall–Kier alpha value is -3.17. The molecule has 6 rings (SSSR count). The third kappa shape index (κ3) is 2.71. The fraction of sp³-hybridized carbons (Fsp3) is 0.185. The average Bonchev–Trinajstić information content (AvgIpc) is 3.40. The standard InChI is InChI=1S/C27H18INO5/c1-14-6-8-15(9-7-14)22-20-21(26(33)29(25(20)32)17-12-10-16(28)11-13-17)27(34-22)23(30)18-4-2-3-5-19(18)24(27)31/h2-13,20-22H,1H3/t20-,21-,22+/m0/s1. The Labute approximate surface area is 209 Å². The molecule has 3 aromatic rings. The lowest BCUT2D eigenvalue weighted by Crippen LogP contribution is -2.51. The number of Topliss-reactive ketones (excluding diaryl/α,β-unsaturated/α-hetero) is 2. The van der Waals surface area contributed by atoms with E-state index in [1.165, 1.54) is 0 Å². The van der Waals surface area contributed by atoms with Crippen molar-refractivity contribution in [2.75, 3.05) is 4.90 Å². The Morgan fingerprint density at radius 1 is 0.794 bits per heavy atom. The quantitative estimate of drug-likeness (QED) is 0.264. The van der Waals surface area contributed by atoms with Gasteiger partial charge >= 0.3 is 0 Å².